The van der Waals surface area contributed by atoms with Crippen LogP contribution < -0.4 is 0 Å². The first kappa shape index (κ1) is 20.9. The quantitative estimate of drug-likeness (QED) is 0.574. The van der Waals surface area contributed by atoms with Crippen LogP contribution in [0.4, 0.5) is 0 Å². The Morgan fingerprint density at radius 3 is 2.50 bits per heavy atom. The van der Waals surface area contributed by atoms with Crippen molar-refractivity contribution in [3.8, 4) is 0 Å². The van der Waals surface area contributed by atoms with Crippen LogP contribution >= 0.6 is 27.7 Å². The fourth-order valence-electron chi connectivity index (χ4n) is 3.71. The lowest BCUT2D eigenvalue weighted by atomic mass is 9.94. The molecule has 0 radical (unpaired) electrons. The van der Waals surface area contributed by atoms with E-state index in [1.54, 1.807) is 4.90 Å². The Morgan fingerprint density at radius 1 is 1.21 bits per heavy atom. The molecule has 2 aromatic rings. The van der Waals surface area contributed by atoms with Crippen molar-refractivity contribution in [2.75, 3.05) is 0 Å². The minimum atomic E-state index is -1.16. The minimum absolute atomic E-state index is 0.0206. The summed E-state index contributed by atoms with van der Waals surface area (Å²) < 4.78 is -0.186. The summed E-state index contributed by atoms with van der Waals surface area (Å²) in [5, 5.41) is 10.2. The summed E-state index contributed by atoms with van der Waals surface area (Å²) in [6.45, 7) is 2.52. The highest BCUT2D eigenvalue weighted by molar-refractivity contribution is 9.10. The number of amides is 1. The summed E-state index contributed by atoms with van der Waals surface area (Å²) in [6, 6.07) is 17.0. The van der Waals surface area contributed by atoms with Gasteiger partial charge in [0.15, 0.2) is 0 Å². The summed E-state index contributed by atoms with van der Waals surface area (Å²) in [6.07, 6.45) is 2.55. The number of hydrogen-bond donors (Lipinski definition) is 1. The molecule has 1 N–H and O–H groups in total. The van der Waals surface area contributed by atoms with Gasteiger partial charge in [-0.25, -0.2) is 0 Å². The summed E-state index contributed by atoms with van der Waals surface area (Å²) >= 11 is 4.74. The Hall–Kier alpha value is -1.79. The van der Waals surface area contributed by atoms with Gasteiger partial charge in [-0.1, -0.05) is 66.0 Å². The first-order valence-electron chi connectivity index (χ1n) is 9.47. The van der Waals surface area contributed by atoms with Crippen molar-refractivity contribution in [2.45, 2.75) is 54.8 Å². The molecule has 3 rings (SSSR count). The van der Waals surface area contributed by atoms with Gasteiger partial charge in [0.25, 0.3) is 0 Å². The fourth-order valence-corrected chi connectivity index (χ4v) is 5.35. The molecular weight excluding hydrogens is 438 g/mol. The Kier molecular flexibility index (Phi) is 6.83. The van der Waals surface area contributed by atoms with Crippen molar-refractivity contribution < 1.29 is 14.7 Å². The van der Waals surface area contributed by atoms with Crippen molar-refractivity contribution in [3.63, 3.8) is 0 Å². The SMILES string of the molecule is CCCC[C@@H]1N(Cc2ccc(Br)cc2)C(=O)C[C@@]1(Sc1ccccc1)C(=O)O. The van der Waals surface area contributed by atoms with E-state index in [4.69, 9.17) is 0 Å². The van der Waals surface area contributed by atoms with Crippen molar-refractivity contribution >= 4 is 39.6 Å². The van der Waals surface area contributed by atoms with Gasteiger partial charge in [0.2, 0.25) is 5.91 Å². The second-order valence-corrected chi connectivity index (χ2v) is 9.41. The standard InChI is InChI=1S/C22H24BrNO3S/c1-2-3-9-19-22(21(26)27,28-18-7-5-4-6-8-18)14-20(25)24(19)15-16-10-12-17(23)13-11-16/h4-8,10-13,19H,2-3,9,14-15H2,1H3,(H,26,27)/t19-,22-/m0/s1. The zero-order valence-corrected chi connectivity index (χ0v) is 18.2. The molecule has 6 heteroatoms. The van der Waals surface area contributed by atoms with Crippen LogP contribution in [0.15, 0.2) is 64.0 Å². The average molecular weight is 462 g/mol. The predicted molar refractivity (Wildman–Crippen MR) is 115 cm³/mol. The number of thioether (sulfide) groups is 1. The molecule has 1 amide bonds. The topological polar surface area (TPSA) is 57.6 Å². The highest BCUT2D eigenvalue weighted by atomic mass is 79.9. The highest BCUT2D eigenvalue weighted by Gasteiger charge is 2.57. The Bertz CT molecular complexity index is 827. The van der Waals surface area contributed by atoms with Gasteiger partial charge < -0.3 is 10.0 Å². The molecule has 4 nitrogen and oxygen atoms in total. The number of halogens is 1. The van der Waals surface area contributed by atoms with Crippen LogP contribution in [0.1, 0.15) is 38.2 Å². The van der Waals surface area contributed by atoms with Crippen molar-refractivity contribution in [1.82, 2.24) is 4.90 Å². The lowest BCUT2D eigenvalue weighted by Gasteiger charge is -2.34. The van der Waals surface area contributed by atoms with Gasteiger partial charge in [-0.2, -0.15) is 0 Å². The molecule has 2 atom stereocenters. The zero-order valence-electron chi connectivity index (χ0n) is 15.8. The van der Waals surface area contributed by atoms with Gasteiger partial charge in [0.1, 0.15) is 4.75 Å². The number of rotatable bonds is 8. The maximum Gasteiger partial charge on any atom is 0.322 e. The molecule has 1 heterocycles. The smallest absolute Gasteiger partial charge is 0.322 e. The van der Waals surface area contributed by atoms with E-state index in [0.29, 0.717) is 13.0 Å². The molecule has 0 aromatic heterocycles. The number of hydrogen-bond acceptors (Lipinski definition) is 3. The Balaban J connectivity index is 1.94. The molecule has 0 unspecified atom stereocenters. The molecule has 28 heavy (non-hydrogen) atoms. The largest absolute Gasteiger partial charge is 0.480 e. The zero-order chi connectivity index (χ0) is 20.1. The van der Waals surface area contributed by atoms with Crippen LogP contribution in [0.25, 0.3) is 0 Å². The predicted octanol–water partition coefficient (Wildman–Crippen LogP) is 5.36. The van der Waals surface area contributed by atoms with Gasteiger partial charge >= 0.3 is 5.97 Å². The number of benzene rings is 2. The third kappa shape index (κ3) is 4.44. The second-order valence-electron chi connectivity index (χ2n) is 7.09. The van der Waals surface area contributed by atoms with E-state index in [9.17, 15) is 14.7 Å². The van der Waals surface area contributed by atoms with Crippen molar-refractivity contribution in [1.29, 1.82) is 0 Å². The fraction of sp³-hybridized carbons (Fsp3) is 0.364. The molecule has 0 spiro atoms. The lowest BCUT2D eigenvalue weighted by molar-refractivity contribution is -0.140. The molecule has 1 aliphatic heterocycles. The summed E-state index contributed by atoms with van der Waals surface area (Å²) in [5.41, 5.74) is 1.00. The number of likely N-dealkylation sites (tertiary alicyclic amines) is 1. The molecule has 1 fully saturated rings. The van der Waals surface area contributed by atoms with Crippen LogP contribution in [-0.2, 0) is 16.1 Å². The molecular formula is C22H24BrNO3S. The van der Waals surface area contributed by atoms with E-state index in [1.807, 2.05) is 54.6 Å². The van der Waals surface area contributed by atoms with Gasteiger partial charge in [-0.15, -0.1) is 11.8 Å². The van der Waals surface area contributed by atoms with E-state index in [2.05, 4.69) is 22.9 Å². The van der Waals surface area contributed by atoms with E-state index < -0.39 is 10.7 Å². The van der Waals surface area contributed by atoms with Crippen LogP contribution in [-0.4, -0.2) is 32.7 Å². The maximum absolute atomic E-state index is 13.0. The second kappa shape index (κ2) is 9.14. The van der Waals surface area contributed by atoms with E-state index in [-0.39, 0.29) is 18.4 Å². The van der Waals surface area contributed by atoms with Gasteiger partial charge in [-0.05, 0) is 36.2 Å². The van der Waals surface area contributed by atoms with Gasteiger partial charge in [-0.3, -0.25) is 9.59 Å². The third-order valence-electron chi connectivity index (χ3n) is 5.15. The van der Waals surface area contributed by atoms with Crippen LogP contribution in [0.3, 0.4) is 0 Å². The summed E-state index contributed by atoms with van der Waals surface area (Å²) in [5.74, 6) is -0.996. The third-order valence-corrected chi connectivity index (χ3v) is 7.14. The highest BCUT2D eigenvalue weighted by Crippen LogP contribution is 2.47. The first-order chi connectivity index (χ1) is 13.5. The number of carbonyl (C=O) groups excluding carboxylic acids is 1. The Morgan fingerprint density at radius 2 is 1.89 bits per heavy atom. The number of unbranched alkanes of at least 4 members (excludes halogenated alkanes) is 1. The van der Waals surface area contributed by atoms with E-state index >= 15 is 0 Å². The number of nitrogens with zero attached hydrogens (tertiary/aromatic N) is 1. The number of carbonyl (C=O) groups is 2. The average Bonchev–Trinajstić information content (AvgIpc) is 2.94. The minimum Gasteiger partial charge on any atom is -0.480 e. The lowest BCUT2D eigenvalue weighted by Crippen LogP contribution is -2.48. The van der Waals surface area contributed by atoms with Gasteiger partial charge in [0, 0.05) is 15.9 Å². The number of carboxylic acids is 1. The molecule has 0 bridgehead atoms. The van der Waals surface area contributed by atoms with Crippen LogP contribution in [0.2, 0.25) is 0 Å². The van der Waals surface area contributed by atoms with Crippen molar-refractivity contribution in [2.24, 2.45) is 0 Å². The first-order valence-corrected chi connectivity index (χ1v) is 11.1. The molecule has 1 saturated heterocycles. The van der Waals surface area contributed by atoms with Crippen LogP contribution in [0, 0.1) is 0 Å². The molecule has 0 saturated carbocycles. The molecule has 148 valence electrons. The summed E-state index contributed by atoms with van der Waals surface area (Å²) in [4.78, 5) is 28.1. The van der Waals surface area contributed by atoms with E-state index in [1.165, 1.54) is 11.8 Å². The molecule has 2 aromatic carbocycles. The number of carboxylic acid groups (broad SMARTS) is 1. The monoisotopic (exact) mass is 461 g/mol. The Labute approximate surface area is 178 Å². The molecule has 0 aliphatic carbocycles. The maximum atomic E-state index is 13.0. The van der Waals surface area contributed by atoms with Crippen LogP contribution in [0.5, 0.6) is 0 Å². The molecule has 1 aliphatic rings. The van der Waals surface area contributed by atoms with Crippen molar-refractivity contribution in [3.05, 3.63) is 64.6 Å². The van der Waals surface area contributed by atoms with E-state index in [0.717, 1.165) is 27.8 Å². The number of aliphatic carboxylic acids is 1. The normalized spacial score (nSPS) is 21.9. The summed E-state index contributed by atoms with van der Waals surface area (Å²) in [7, 11) is 0. The van der Waals surface area contributed by atoms with Gasteiger partial charge in [0.05, 0.1) is 12.5 Å².